The number of nitro groups is 1. The van der Waals surface area contributed by atoms with Gasteiger partial charge >= 0.3 is 5.69 Å². The van der Waals surface area contributed by atoms with Gasteiger partial charge in [0, 0.05) is 0 Å². The fourth-order valence-electron chi connectivity index (χ4n) is 1.64. The van der Waals surface area contributed by atoms with Crippen molar-refractivity contribution >= 4 is 69.4 Å². The molecule has 2 aromatic rings. The smallest absolute Gasteiger partial charge is 0.322 e. The second-order valence-electron chi connectivity index (χ2n) is 4.20. The van der Waals surface area contributed by atoms with Crippen molar-refractivity contribution in [1.29, 1.82) is 0 Å². The van der Waals surface area contributed by atoms with Crippen LogP contribution < -0.4 is 9.47 Å². The van der Waals surface area contributed by atoms with E-state index in [9.17, 15) is 18.9 Å². The van der Waals surface area contributed by atoms with Gasteiger partial charge in [-0.3, -0.25) is 10.1 Å². The molecular formula is C14H9Br4F2NO4. The Morgan fingerprint density at radius 1 is 0.920 bits per heavy atom. The molecule has 0 fully saturated rings. The van der Waals surface area contributed by atoms with Gasteiger partial charge in [0.1, 0.15) is 16.0 Å². The molecule has 0 aliphatic heterocycles. The first-order valence-corrected chi connectivity index (χ1v) is 9.35. The van der Waals surface area contributed by atoms with Gasteiger partial charge in [-0.25, -0.2) is 4.39 Å². The highest BCUT2D eigenvalue weighted by Crippen LogP contribution is 2.41. The summed E-state index contributed by atoms with van der Waals surface area (Å²) in [6, 6.07) is 3.69. The molecule has 0 N–H and O–H groups in total. The number of benzene rings is 2. The van der Waals surface area contributed by atoms with E-state index in [1.54, 1.807) is 0 Å². The number of hydrogen-bond donors (Lipinski definition) is 0. The molecule has 5 nitrogen and oxygen atoms in total. The minimum atomic E-state index is -0.922. The Bertz CT molecular complexity index is 782. The molecule has 0 radical (unpaired) electrons. The molecule has 0 heterocycles. The highest BCUT2D eigenvalue weighted by molar-refractivity contribution is 9.11. The predicted molar refractivity (Wildman–Crippen MR) is 103 cm³/mol. The summed E-state index contributed by atoms with van der Waals surface area (Å²) in [5.41, 5.74) is -0.634. The van der Waals surface area contributed by atoms with Crippen molar-refractivity contribution in [2.45, 2.75) is 0 Å². The van der Waals surface area contributed by atoms with E-state index >= 15 is 0 Å². The first kappa shape index (κ1) is 22.3. The monoisotopic (exact) mass is 609 g/mol. The van der Waals surface area contributed by atoms with Crippen LogP contribution in [-0.2, 0) is 0 Å². The normalized spacial score (nSPS) is 9.92. The quantitative estimate of drug-likeness (QED) is 0.289. The van der Waals surface area contributed by atoms with Crippen LogP contribution in [0.3, 0.4) is 0 Å². The third-order valence-electron chi connectivity index (χ3n) is 2.66. The summed E-state index contributed by atoms with van der Waals surface area (Å²) in [5, 5.41) is 10.5. The van der Waals surface area contributed by atoms with Gasteiger partial charge in [0.25, 0.3) is 0 Å². The Morgan fingerprint density at radius 3 is 1.76 bits per heavy atom. The fourth-order valence-corrected chi connectivity index (χ4v) is 4.63. The van der Waals surface area contributed by atoms with Gasteiger partial charge in [-0.05, 0) is 81.9 Å². The summed E-state index contributed by atoms with van der Waals surface area (Å²) in [4.78, 5) is 9.68. The molecule has 25 heavy (non-hydrogen) atoms. The maximum atomic E-state index is 13.1. The second-order valence-corrected chi connectivity index (χ2v) is 7.55. The molecule has 0 saturated carbocycles. The van der Waals surface area contributed by atoms with E-state index < -0.39 is 16.4 Å². The zero-order valence-corrected chi connectivity index (χ0v) is 18.9. The van der Waals surface area contributed by atoms with Crippen LogP contribution in [0.25, 0.3) is 0 Å². The van der Waals surface area contributed by atoms with Crippen molar-refractivity contribution in [3.8, 4) is 11.5 Å². The molecule has 0 saturated heterocycles. The largest absolute Gasteiger partial charge is 0.494 e. The highest BCUT2D eigenvalue weighted by atomic mass is 79.9. The van der Waals surface area contributed by atoms with Crippen molar-refractivity contribution in [3.63, 3.8) is 0 Å². The predicted octanol–water partition coefficient (Wildman–Crippen LogP) is 6.63. The van der Waals surface area contributed by atoms with Crippen LogP contribution in [0.1, 0.15) is 0 Å². The lowest BCUT2D eigenvalue weighted by Gasteiger charge is -2.06. The van der Waals surface area contributed by atoms with Gasteiger partial charge in [0.2, 0.25) is 5.82 Å². The van der Waals surface area contributed by atoms with E-state index in [0.29, 0.717) is 19.2 Å². The summed E-state index contributed by atoms with van der Waals surface area (Å²) in [5.74, 6) is -0.427. The van der Waals surface area contributed by atoms with Crippen LogP contribution in [0.15, 0.2) is 36.1 Å². The lowest BCUT2D eigenvalue weighted by Crippen LogP contribution is -1.97. The Morgan fingerprint density at radius 2 is 1.36 bits per heavy atom. The summed E-state index contributed by atoms with van der Waals surface area (Å²) in [6.45, 7) is 0. The maximum Gasteiger partial charge on any atom is 0.322 e. The van der Waals surface area contributed by atoms with Crippen molar-refractivity contribution in [2.75, 3.05) is 14.2 Å². The van der Waals surface area contributed by atoms with Crippen LogP contribution in [0, 0.1) is 21.7 Å². The van der Waals surface area contributed by atoms with Crippen LogP contribution >= 0.6 is 63.7 Å². The lowest BCUT2D eigenvalue weighted by atomic mass is 10.3. The molecular weight excluding hydrogens is 604 g/mol. The van der Waals surface area contributed by atoms with Crippen molar-refractivity contribution in [1.82, 2.24) is 0 Å². The zero-order valence-electron chi connectivity index (χ0n) is 12.6. The fraction of sp³-hybridized carbons (Fsp3) is 0.143. The van der Waals surface area contributed by atoms with E-state index in [1.807, 2.05) is 0 Å². The molecule has 0 aliphatic rings. The molecule has 136 valence electrons. The van der Waals surface area contributed by atoms with Crippen molar-refractivity contribution in [2.24, 2.45) is 0 Å². The summed E-state index contributed by atoms with van der Waals surface area (Å²) in [6.07, 6.45) is 0. The average molecular weight is 613 g/mol. The molecule has 11 heteroatoms. The molecule has 0 spiro atoms. The van der Waals surface area contributed by atoms with Crippen molar-refractivity contribution < 1.29 is 23.2 Å². The van der Waals surface area contributed by atoms with E-state index in [2.05, 4.69) is 63.7 Å². The van der Waals surface area contributed by atoms with Gasteiger partial charge in [-0.2, -0.15) is 4.39 Å². The van der Waals surface area contributed by atoms with E-state index in [1.165, 1.54) is 26.4 Å². The SMILES string of the molecule is COc1c(Br)cc(F)c([N+](=O)[O-])c1Br.COc1c(Br)cc(F)cc1Br. The molecule has 0 aliphatic carbocycles. The van der Waals surface area contributed by atoms with Gasteiger partial charge < -0.3 is 9.47 Å². The van der Waals surface area contributed by atoms with Crippen LogP contribution in [0.2, 0.25) is 0 Å². The van der Waals surface area contributed by atoms with E-state index in [4.69, 9.17) is 9.47 Å². The number of nitrogens with zero attached hydrogens (tertiary/aromatic N) is 1. The van der Waals surface area contributed by atoms with Gasteiger partial charge in [-0.1, -0.05) is 0 Å². The number of halogens is 6. The lowest BCUT2D eigenvalue weighted by molar-refractivity contribution is -0.388. The topological polar surface area (TPSA) is 61.6 Å². The second kappa shape index (κ2) is 9.79. The number of ether oxygens (including phenoxy) is 2. The Hall–Kier alpha value is -0.780. The van der Waals surface area contributed by atoms with Crippen LogP contribution in [0.5, 0.6) is 11.5 Å². The number of rotatable bonds is 3. The number of hydrogen-bond acceptors (Lipinski definition) is 4. The molecule has 0 unspecified atom stereocenters. The summed E-state index contributed by atoms with van der Waals surface area (Å²) < 4.78 is 37.1. The Kier molecular flexibility index (Phi) is 8.72. The number of nitro benzene ring substituents is 1. The average Bonchev–Trinajstić information content (AvgIpc) is 2.46. The zero-order chi connectivity index (χ0) is 19.3. The van der Waals surface area contributed by atoms with Gasteiger partial charge in [-0.15, -0.1) is 0 Å². The van der Waals surface area contributed by atoms with E-state index in [-0.39, 0.29) is 16.0 Å². The molecule has 0 amide bonds. The third kappa shape index (κ3) is 5.60. The molecule has 0 bridgehead atoms. The maximum absolute atomic E-state index is 13.1. The Labute approximate surface area is 175 Å². The third-order valence-corrected chi connectivity index (χ3v) is 5.16. The van der Waals surface area contributed by atoms with Crippen molar-refractivity contribution in [3.05, 3.63) is 57.8 Å². The molecule has 0 aromatic heterocycles. The standard InChI is InChI=1S/C7H4Br2FNO3.C7H5Br2FO/c1-14-7-3(8)2-4(10)6(5(7)9)11(12)13;1-11-7-5(8)2-4(10)3-6(7)9/h2H,1H3;2-3H,1H3. The first-order valence-electron chi connectivity index (χ1n) is 6.18. The molecule has 2 aromatic carbocycles. The molecule has 2 rings (SSSR count). The number of methoxy groups -OCH3 is 2. The minimum absolute atomic E-state index is 0.0168. The molecule has 0 atom stereocenters. The van der Waals surface area contributed by atoms with Gasteiger partial charge in [0.05, 0.1) is 32.6 Å². The van der Waals surface area contributed by atoms with Gasteiger partial charge in [0.15, 0.2) is 5.75 Å². The Balaban J connectivity index is 0.000000257. The first-order chi connectivity index (χ1) is 11.6. The van der Waals surface area contributed by atoms with E-state index in [0.717, 1.165) is 6.07 Å². The van der Waals surface area contributed by atoms with Crippen LogP contribution in [-0.4, -0.2) is 19.1 Å². The highest BCUT2D eigenvalue weighted by Gasteiger charge is 2.25. The minimum Gasteiger partial charge on any atom is -0.494 e. The summed E-state index contributed by atoms with van der Waals surface area (Å²) >= 11 is 12.3. The summed E-state index contributed by atoms with van der Waals surface area (Å²) in [7, 11) is 2.87. The van der Waals surface area contributed by atoms with Crippen LogP contribution in [0.4, 0.5) is 14.5 Å².